The van der Waals surface area contributed by atoms with E-state index in [1.54, 1.807) is 0 Å². The topological polar surface area (TPSA) is 67.2 Å². The monoisotopic (exact) mass is 311 g/mol. The number of carbonyl (C=O) groups excluding carboxylic acids is 1. The van der Waals surface area contributed by atoms with Crippen LogP contribution in [-0.2, 0) is 10.3 Å². The number of nitrogen functional groups attached to an aromatic ring is 1. The van der Waals surface area contributed by atoms with Crippen molar-refractivity contribution in [1.29, 1.82) is 0 Å². The van der Waals surface area contributed by atoms with Gasteiger partial charge in [0.15, 0.2) is 0 Å². The molecule has 2 aromatic rings. The minimum absolute atomic E-state index is 0.0579. The Kier molecular flexibility index (Phi) is 5.27. The molecule has 0 fully saturated rings. The third-order valence-corrected chi connectivity index (χ3v) is 3.76. The van der Waals surface area contributed by atoms with Crippen LogP contribution in [0.4, 0.5) is 17.1 Å². The summed E-state index contributed by atoms with van der Waals surface area (Å²) in [6, 6.07) is 15.7. The molecule has 2 rings (SSSR count). The lowest BCUT2D eigenvalue weighted by Crippen LogP contribution is -2.40. The van der Waals surface area contributed by atoms with Crippen molar-refractivity contribution in [2.75, 3.05) is 11.1 Å². The molecular formula is C19H25N3O. The van der Waals surface area contributed by atoms with E-state index < -0.39 is 5.54 Å². The number of amides is 1. The first-order valence-corrected chi connectivity index (χ1v) is 7.95. The molecule has 0 saturated carbocycles. The van der Waals surface area contributed by atoms with Crippen molar-refractivity contribution in [1.82, 2.24) is 5.32 Å². The quantitative estimate of drug-likeness (QED) is 0.702. The van der Waals surface area contributed by atoms with Gasteiger partial charge in [0, 0.05) is 12.1 Å². The number of anilines is 3. The second-order valence-corrected chi connectivity index (χ2v) is 6.22. The molecule has 4 heteroatoms. The number of carbonyl (C=O) groups is 1. The van der Waals surface area contributed by atoms with E-state index in [0.717, 1.165) is 23.4 Å². The summed E-state index contributed by atoms with van der Waals surface area (Å²) in [5.41, 5.74) is 9.21. The Labute approximate surface area is 138 Å². The minimum atomic E-state index is -0.453. The highest BCUT2D eigenvalue weighted by atomic mass is 16.1. The fourth-order valence-corrected chi connectivity index (χ4v) is 2.45. The Morgan fingerprint density at radius 3 is 2.43 bits per heavy atom. The van der Waals surface area contributed by atoms with Gasteiger partial charge in [0.2, 0.25) is 5.91 Å². The first kappa shape index (κ1) is 16.9. The molecule has 0 spiro atoms. The van der Waals surface area contributed by atoms with Crippen LogP contribution in [0.25, 0.3) is 0 Å². The number of rotatable bonds is 6. The lowest BCUT2D eigenvalue weighted by atomic mass is 9.93. The Bertz CT molecular complexity index is 666. The van der Waals surface area contributed by atoms with Gasteiger partial charge >= 0.3 is 0 Å². The molecule has 0 aliphatic heterocycles. The molecule has 122 valence electrons. The van der Waals surface area contributed by atoms with Crippen LogP contribution in [0, 0.1) is 0 Å². The molecule has 1 amide bonds. The van der Waals surface area contributed by atoms with Crippen molar-refractivity contribution >= 4 is 23.0 Å². The SMILES string of the molecule is CCCC(=O)NC(C)(C)c1ccc(Nc2ccccc2)c(N)c1. The number of benzene rings is 2. The van der Waals surface area contributed by atoms with Gasteiger partial charge in [-0.05, 0) is 50.1 Å². The predicted molar refractivity (Wildman–Crippen MR) is 96.7 cm³/mol. The molecule has 2 aromatic carbocycles. The van der Waals surface area contributed by atoms with Crippen LogP contribution in [0.15, 0.2) is 48.5 Å². The largest absolute Gasteiger partial charge is 0.397 e. The second-order valence-electron chi connectivity index (χ2n) is 6.22. The Morgan fingerprint density at radius 1 is 1.13 bits per heavy atom. The van der Waals surface area contributed by atoms with Gasteiger partial charge in [0.05, 0.1) is 16.9 Å². The molecule has 0 bridgehead atoms. The normalized spacial score (nSPS) is 11.1. The maximum Gasteiger partial charge on any atom is 0.220 e. The van der Waals surface area contributed by atoms with E-state index >= 15 is 0 Å². The van der Waals surface area contributed by atoms with Crippen molar-refractivity contribution in [3.63, 3.8) is 0 Å². The second kappa shape index (κ2) is 7.18. The van der Waals surface area contributed by atoms with Gasteiger partial charge < -0.3 is 16.4 Å². The smallest absolute Gasteiger partial charge is 0.220 e. The highest BCUT2D eigenvalue weighted by Gasteiger charge is 2.23. The first-order valence-electron chi connectivity index (χ1n) is 7.95. The van der Waals surface area contributed by atoms with E-state index in [2.05, 4.69) is 10.6 Å². The lowest BCUT2D eigenvalue weighted by molar-refractivity contribution is -0.122. The standard InChI is InChI=1S/C19H25N3O/c1-4-8-18(23)22-19(2,3)14-11-12-17(16(20)13-14)21-15-9-6-5-7-10-15/h5-7,9-13,21H,4,8,20H2,1-3H3,(H,22,23). The average molecular weight is 311 g/mol. The molecule has 4 N–H and O–H groups in total. The van der Waals surface area contributed by atoms with Gasteiger partial charge in [0.1, 0.15) is 0 Å². The molecule has 0 heterocycles. The lowest BCUT2D eigenvalue weighted by Gasteiger charge is -2.27. The third kappa shape index (κ3) is 4.49. The van der Waals surface area contributed by atoms with Crippen molar-refractivity contribution < 1.29 is 4.79 Å². The van der Waals surface area contributed by atoms with Crippen LogP contribution in [0.3, 0.4) is 0 Å². The molecule has 23 heavy (non-hydrogen) atoms. The fourth-order valence-electron chi connectivity index (χ4n) is 2.45. The van der Waals surface area contributed by atoms with E-state index in [4.69, 9.17) is 5.73 Å². The van der Waals surface area contributed by atoms with Crippen LogP contribution in [-0.4, -0.2) is 5.91 Å². The van der Waals surface area contributed by atoms with Gasteiger partial charge in [0.25, 0.3) is 0 Å². The van der Waals surface area contributed by atoms with Gasteiger partial charge in [-0.15, -0.1) is 0 Å². The van der Waals surface area contributed by atoms with Crippen molar-refractivity contribution in [3.8, 4) is 0 Å². The zero-order valence-corrected chi connectivity index (χ0v) is 14.0. The number of hydrogen-bond donors (Lipinski definition) is 3. The molecule has 0 saturated heterocycles. The highest BCUT2D eigenvalue weighted by molar-refractivity contribution is 5.77. The molecular weight excluding hydrogens is 286 g/mol. The number of para-hydroxylation sites is 1. The van der Waals surface area contributed by atoms with Crippen LogP contribution < -0.4 is 16.4 Å². The van der Waals surface area contributed by atoms with Crippen LogP contribution in [0.5, 0.6) is 0 Å². The Hall–Kier alpha value is -2.49. The third-order valence-electron chi connectivity index (χ3n) is 3.76. The molecule has 4 nitrogen and oxygen atoms in total. The number of nitrogens with one attached hydrogen (secondary N) is 2. The molecule has 0 radical (unpaired) electrons. The molecule has 0 atom stereocenters. The summed E-state index contributed by atoms with van der Waals surface area (Å²) < 4.78 is 0. The molecule has 0 aromatic heterocycles. The van der Waals surface area contributed by atoms with E-state index in [0.29, 0.717) is 12.1 Å². The summed E-state index contributed by atoms with van der Waals surface area (Å²) in [7, 11) is 0. The summed E-state index contributed by atoms with van der Waals surface area (Å²) in [5, 5.41) is 6.35. The van der Waals surface area contributed by atoms with E-state index in [-0.39, 0.29) is 5.91 Å². The maximum atomic E-state index is 11.9. The van der Waals surface area contributed by atoms with Gasteiger partial charge in [-0.2, -0.15) is 0 Å². The van der Waals surface area contributed by atoms with E-state index in [1.807, 2.05) is 69.3 Å². The summed E-state index contributed by atoms with van der Waals surface area (Å²) in [5.74, 6) is 0.0579. The van der Waals surface area contributed by atoms with Crippen LogP contribution in [0.2, 0.25) is 0 Å². The van der Waals surface area contributed by atoms with E-state index in [9.17, 15) is 4.79 Å². The van der Waals surface area contributed by atoms with Crippen molar-refractivity contribution in [2.45, 2.75) is 39.2 Å². The summed E-state index contributed by atoms with van der Waals surface area (Å²) in [6.45, 7) is 5.97. The zero-order chi connectivity index (χ0) is 16.9. The predicted octanol–water partition coefficient (Wildman–Crippen LogP) is 4.16. The van der Waals surface area contributed by atoms with Crippen molar-refractivity contribution in [2.24, 2.45) is 0 Å². The van der Waals surface area contributed by atoms with Gasteiger partial charge in [-0.1, -0.05) is 31.2 Å². The van der Waals surface area contributed by atoms with Gasteiger partial charge in [-0.3, -0.25) is 4.79 Å². The number of nitrogens with two attached hydrogens (primary N) is 1. The summed E-state index contributed by atoms with van der Waals surface area (Å²) in [6.07, 6.45) is 1.37. The summed E-state index contributed by atoms with van der Waals surface area (Å²) >= 11 is 0. The van der Waals surface area contributed by atoms with Crippen molar-refractivity contribution in [3.05, 3.63) is 54.1 Å². The van der Waals surface area contributed by atoms with E-state index in [1.165, 1.54) is 0 Å². The first-order chi connectivity index (χ1) is 10.9. The Morgan fingerprint density at radius 2 is 1.83 bits per heavy atom. The number of hydrogen-bond acceptors (Lipinski definition) is 3. The fraction of sp³-hybridized carbons (Fsp3) is 0.316. The molecule has 0 aliphatic rings. The van der Waals surface area contributed by atoms with Crippen LogP contribution in [0.1, 0.15) is 39.2 Å². The zero-order valence-electron chi connectivity index (χ0n) is 14.0. The maximum absolute atomic E-state index is 11.9. The highest BCUT2D eigenvalue weighted by Crippen LogP contribution is 2.29. The molecule has 0 aliphatic carbocycles. The average Bonchev–Trinajstić information content (AvgIpc) is 2.50. The summed E-state index contributed by atoms with van der Waals surface area (Å²) in [4.78, 5) is 11.9. The molecule has 0 unspecified atom stereocenters. The van der Waals surface area contributed by atoms with Gasteiger partial charge in [-0.25, -0.2) is 0 Å². The Balaban J connectivity index is 2.16. The minimum Gasteiger partial charge on any atom is -0.397 e. The van der Waals surface area contributed by atoms with Crippen LogP contribution >= 0.6 is 0 Å².